The number of aryl methyl sites for hydroxylation is 1. The molecule has 2 atom stereocenters. The average Bonchev–Trinajstić information content (AvgIpc) is 3.25. The lowest BCUT2D eigenvalue weighted by Gasteiger charge is -2.16. The summed E-state index contributed by atoms with van der Waals surface area (Å²) in [7, 11) is 0. The molecule has 30 heavy (non-hydrogen) atoms. The third kappa shape index (κ3) is 5.21. The molecule has 0 saturated carbocycles. The Morgan fingerprint density at radius 3 is 2.73 bits per heavy atom. The number of hydrogen-bond acceptors (Lipinski definition) is 6. The molecule has 0 unspecified atom stereocenters. The third-order valence-electron chi connectivity index (χ3n) is 5.47. The standard InChI is InChI=1S/C21H26N4O2.CH2O2/c1-15-18(13-25(23-15)8-9-26)12-24-11-17(21(27)14-24)10-16-6-7-22-20-5-3-2-4-19(16)20;2-1-3/h2-7,13,17,21,26-27H,8-12,14H2,1H3;1H,(H,2,3)/t17-,21-;/m1./s1. The molecule has 4 rings (SSSR count). The van der Waals surface area contributed by atoms with Crippen molar-refractivity contribution < 1.29 is 20.1 Å². The van der Waals surface area contributed by atoms with E-state index < -0.39 is 0 Å². The zero-order valence-electron chi connectivity index (χ0n) is 17.1. The molecule has 160 valence electrons. The van der Waals surface area contributed by atoms with Gasteiger partial charge in [-0.25, -0.2) is 0 Å². The number of carboxylic acid groups (broad SMARTS) is 1. The molecule has 0 aliphatic carbocycles. The number of likely N-dealkylation sites (tertiary alicyclic amines) is 1. The second-order valence-electron chi connectivity index (χ2n) is 7.54. The van der Waals surface area contributed by atoms with Crippen molar-refractivity contribution in [3.63, 3.8) is 0 Å². The minimum atomic E-state index is -0.329. The van der Waals surface area contributed by atoms with E-state index in [9.17, 15) is 5.11 Å². The first-order valence-electron chi connectivity index (χ1n) is 10.0. The SMILES string of the molecule is Cc1nn(CCO)cc1CN1C[C@@H](Cc2ccnc3ccccc23)[C@H](O)C1.O=CO. The Hall–Kier alpha value is -2.81. The Labute approximate surface area is 175 Å². The Balaban J connectivity index is 0.000000806. The maximum atomic E-state index is 10.6. The van der Waals surface area contributed by atoms with Gasteiger partial charge in [0.1, 0.15) is 0 Å². The van der Waals surface area contributed by atoms with Crippen LogP contribution in [0.2, 0.25) is 0 Å². The number of carbonyl (C=O) groups is 1. The van der Waals surface area contributed by atoms with E-state index in [-0.39, 0.29) is 25.1 Å². The number of aromatic nitrogens is 3. The highest BCUT2D eigenvalue weighted by Crippen LogP contribution is 2.26. The van der Waals surface area contributed by atoms with E-state index in [0.717, 1.165) is 36.3 Å². The molecule has 1 aliphatic rings. The number of fused-ring (bicyclic) bond motifs is 1. The first-order valence-corrected chi connectivity index (χ1v) is 10.0. The summed E-state index contributed by atoms with van der Waals surface area (Å²) in [5.74, 6) is 0.212. The number of benzene rings is 1. The molecule has 8 heteroatoms. The minimum Gasteiger partial charge on any atom is -0.483 e. The molecular weight excluding hydrogens is 384 g/mol. The fourth-order valence-electron chi connectivity index (χ4n) is 4.06. The van der Waals surface area contributed by atoms with Crippen LogP contribution in [0.1, 0.15) is 16.8 Å². The summed E-state index contributed by atoms with van der Waals surface area (Å²) in [4.78, 5) is 15.1. The van der Waals surface area contributed by atoms with Gasteiger partial charge in [-0.2, -0.15) is 5.10 Å². The molecule has 1 saturated heterocycles. The Morgan fingerprint density at radius 1 is 1.20 bits per heavy atom. The highest BCUT2D eigenvalue weighted by molar-refractivity contribution is 5.81. The maximum absolute atomic E-state index is 10.6. The lowest BCUT2D eigenvalue weighted by atomic mass is 9.94. The second kappa shape index (κ2) is 10.3. The Kier molecular flexibility index (Phi) is 7.51. The molecule has 2 aromatic heterocycles. The monoisotopic (exact) mass is 412 g/mol. The summed E-state index contributed by atoms with van der Waals surface area (Å²) < 4.78 is 1.79. The van der Waals surface area contributed by atoms with Crippen LogP contribution in [-0.4, -0.2) is 67.3 Å². The van der Waals surface area contributed by atoms with Crippen LogP contribution in [0.3, 0.4) is 0 Å². The predicted molar refractivity (Wildman–Crippen MR) is 113 cm³/mol. The van der Waals surface area contributed by atoms with Gasteiger partial charge in [-0.05, 0) is 31.0 Å². The highest BCUT2D eigenvalue weighted by Gasteiger charge is 2.32. The van der Waals surface area contributed by atoms with Gasteiger partial charge in [0.2, 0.25) is 0 Å². The average molecular weight is 412 g/mol. The van der Waals surface area contributed by atoms with Crippen LogP contribution in [0.15, 0.2) is 42.7 Å². The first-order chi connectivity index (χ1) is 14.5. The third-order valence-corrected chi connectivity index (χ3v) is 5.47. The van der Waals surface area contributed by atoms with E-state index in [0.29, 0.717) is 13.1 Å². The fraction of sp³-hybridized carbons (Fsp3) is 0.409. The molecule has 0 radical (unpaired) electrons. The largest absolute Gasteiger partial charge is 0.483 e. The van der Waals surface area contributed by atoms with Crippen LogP contribution in [0, 0.1) is 12.8 Å². The van der Waals surface area contributed by atoms with Gasteiger partial charge >= 0.3 is 0 Å². The van der Waals surface area contributed by atoms with Gasteiger partial charge < -0.3 is 15.3 Å². The molecule has 1 aromatic carbocycles. The van der Waals surface area contributed by atoms with Crippen molar-refractivity contribution in [2.45, 2.75) is 32.5 Å². The summed E-state index contributed by atoms with van der Waals surface area (Å²) in [6.45, 7) is 4.67. The van der Waals surface area contributed by atoms with Crippen molar-refractivity contribution in [2.24, 2.45) is 5.92 Å². The van der Waals surface area contributed by atoms with E-state index in [1.807, 2.05) is 37.5 Å². The fourth-order valence-corrected chi connectivity index (χ4v) is 4.06. The van der Waals surface area contributed by atoms with Gasteiger partial charge in [-0.3, -0.25) is 19.4 Å². The van der Waals surface area contributed by atoms with Crippen molar-refractivity contribution in [3.8, 4) is 0 Å². The number of hydrogen-bond donors (Lipinski definition) is 3. The summed E-state index contributed by atoms with van der Waals surface area (Å²) in [5.41, 5.74) is 4.40. The van der Waals surface area contributed by atoms with Crippen molar-refractivity contribution >= 4 is 17.4 Å². The van der Waals surface area contributed by atoms with E-state index in [1.54, 1.807) is 4.68 Å². The number of para-hydroxylation sites is 1. The summed E-state index contributed by atoms with van der Waals surface area (Å²) in [6.07, 6.45) is 4.38. The normalized spacial score (nSPS) is 18.9. The van der Waals surface area contributed by atoms with Crippen LogP contribution in [-0.2, 0) is 24.3 Å². The Bertz CT molecular complexity index is 969. The van der Waals surface area contributed by atoms with E-state index in [4.69, 9.17) is 15.0 Å². The maximum Gasteiger partial charge on any atom is 0.290 e. The quantitative estimate of drug-likeness (QED) is 0.526. The van der Waals surface area contributed by atoms with Crippen molar-refractivity contribution in [1.82, 2.24) is 19.7 Å². The van der Waals surface area contributed by atoms with E-state index in [1.165, 1.54) is 10.9 Å². The van der Waals surface area contributed by atoms with Crippen LogP contribution < -0.4 is 0 Å². The molecule has 0 amide bonds. The molecule has 3 heterocycles. The second-order valence-corrected chi connectivity index (χ2v) is 7.54. The number of β-amino-alcohol motifs (C(OH)–C–C–N with tert-alkyl or cyclic N) is 1. The van der Waals surface area contributed by atoms with Gasteiger partial charge in [0.25, 0.3) is 6.47 Å². The molecule has 0 bridgehead atoms. The molecule has 3 N–H and O–H groups in total. The molecule has 0 spiro atoms. The zero-order chi connectivity index (χ0) is 21.5. The van der Waals surface area contributed by atoms with Gasteiger partial charge in [-0.1, -0.05) is 18.2 Å². The number of pyridine rings is 1. The van der Waals surface area contributed by atoms with Gasteiger partial charge in [0.15, 0.2) is 0 Å². The van der Waals surface area contributed by atoms with E-state index in [2.05, 4.69) is 27.1 Å². The number of rotatable bonds is 6. The first kappa shape index (κ1) is 21.9. The van der Waals surface area contributed by atoms with Gasteiger partial charge in [0, 0.05) is 48.9 Å². The zero-order valence-corrected chi connectivity index (χ0v) is 17.1. The predicted octanol–water partition coefficient (Wildman–Crippen LogP) is 1.47. The number of aliphatic hydroxyl groups excluding tert-OH is 2. The molecule has 1 aliphatic heterocycles. The number of nitrogens with zero attached hydrogens (tertiary/aromatic N) is 4. The van der Waals surface area contributed by atoms with Crippen LogP contribution in [0.5, 0.6) is 0 Å². The Morgan fingerprint density at radius 2 is 1.97 bits per heavy atom. The molecular formula is C22H28N4O4. The topological polar surface area (TPSA) is 112 Å². The summed E-state index contributed by atoms with van der Waals surface area (Å²) in [5, 5.41) is 32.2. The van der Waals surface area contributed by atoms with Crippen molar-refractivity contribution in [2.75, 3.05) is 19.7 Å². The van der Waals surface area contributed by atoms with Crippen LogP contribution in [0.4, 0.5) is 0 Å². The lowest BCUT2D eigenvalue weighted by Crippen LogP contribution is -2.21. The minimum absolute atomic E-state index is 0.0882. The van der Waals surface area contributed by atoms with Gasteiger partial charge in [0.05, 0.1) is 30.5 Å². The van der Waals surface area contributed by atoms with E-state index >= 15 is 0 Å². The van der Waals surface area contributed by atoms with Crippen LogP contribution in [0.25, 0.3) is 10.9 Å². The summed E-state index contributed by atoms with van der Waals surface area (Å²) >= 11 is 0. The number of aliphatic hydroxyl groups is 2. The molecule has 3 aromatic rings. The summed E-state index contributed by atoms with van der Waals surface area (Å²) in [6, 6.07) is 10.3. The van der Waals surface area contributed by atoms with Crippen molar-refractivity contribution in [3.05, 3.63) is 59.5 Å². The van der Waals surface area contributed by atoms with Crippen LogP contribution >= 0.6 is 0 Å². The van der Waals surface area contributed by atoms with Crippen molar-refractivity contribution in [1.29, 1.82) is 0 Å². The highest BCUT2D eigenvalue weighted by atomic mass is 16.3. The van der Waals surface area contributed by atoms with Gasteiger partial charge in [-0.15, -0.1) is 0 Å². The lowest BCUT2D eigenvalue weighted by molar-refractivity contribution is -0.122. The molecule has 1 fully saturated rings. The smallest absolute Gasteiger partial charge is 0.290 e. The molecule has 8 nitrogen and oxygen atoms in total.